The first-order chi connectivity index (χ1) is 13.1. The number of pyridine rings is 1. The zero-order valence-corrected chi connectivity index (χ0v) is 16.5. The summed E-state index contributed by atoms with van der Waals surface area (Å²) in [6.07, 6.45) is 1.99. The summed E-state index contributed by atoms with van der Waals surface area (Å²) in [7, 11) is 0. The van der Waals surface area contributed by atoms with Gasteiger partial charge in [-0.25, -0.2) is 8.78 Å². The number of aliphatic hydroxyl groups is 1. The summed E-state index contributed by atoms with van der Waals surface area (Å²) in [5.74, 6) is -3.80. The normalized spacial score (nSPS) is 18.0. The Labute approximate surface area is 164 Å². The standard InChI is InChI=1S/C22H26F2N2O2/c1-4-26(12-11-16-10-9-15(14-25-16)21(2,3)28)20(27)18-8-6-5-7-17(18)19-13-22(19,23)24/h5-10,14,19,28H,4,11-13H2,1-3H3. The lowest BCUT2D eigenvalue weighted by molar-refractivity contribution is 0.0763. The monoisotopic (exact) mass is 388 g/mol. The van der Waals surface area contributed by atoms with Crippen molar-refractivity contribution in [2.75, 3.05) is 13.1 Å². The highest BCUT2D eigenvalue weighted by Gasteiger charge is 2.58. The van der Waals surface area contributed by atoms with E-state index in [9.17, 15) is 18.7 Å². The largest absolute Gasteiger partial charge is 0.386 e. The number of hydrogen-bond donors (Lipinski definition) is 1. The van der Waals surface area contributed by atoms with Gasteiger partial charge in [-0.2, -0.15) is 0 Å². The van der Waals surface area contributed by atoms with E-state index in [1.165, 1.54) is 0 Å². The van der Waals surface area contributed by atoms with Crippen molar-refractivity contribution in [2.45, 2.75) is 51.1 Å². The van der Waals surface area contributed by atoms with E-state index < -0.39 is 17.4 Å². The van der Waals surface area contributed by atoms with Crippen LogP contribution in [0.2, 0.25) is 0 Å². The summed E-state index contributed by atoms with van der Waals surface area (Å²) in [5.41, 5.74) is 1.37. The van der Waals surface area contributed by atoms with Crippen molar-refractivity contribution >= 4 is 5.91 Å². The summed E-state index contributed by atoms with van der Waals surface area (Å²) in [4.78, 5) is 19.0. The maximum absolute atomic E-state index is 13.5. The fourth-order valence-corrected chi connectivity index (χ4v) is 3.30. The number of carbonyl (C=O) groups excluding carboxylic acids is 1. The molecule has 1 aliphatic carbocycles. The topological polar surface area (TPSA) is 53.4 Å². The molecule has 0 bridgehead atoms. The van der Waals surface area contributed by atoms with E-state index in [2.05, 4.69) is 4.98 Å². The van der Waals surface area contributed by atoms with Crippen LogP contribution in [-0.2, 0) is 12.0 Å². The maximum atomic E-state index is 13.5. The molecule has 1 aromatic carbocycles. The summed E-state index contributed by atoms with van der Waals surface area (Å²) < 4.78 is 27.1. The number of benzene rings is 1. The minimum Gasteiger partial charge on any atom is -0.386 e. The molecule has 1 atom stereocenters. The molecule has 1 heterocycles. The molecule has 1 unspecified atom stereocenters. The molecule has 1 N–H and O–H groups in total. The Balaban J connectivity index is 1.70. The molecule has 0 radical (unpaired) electrons. The first kappa shape index (κ1) is 20.4. The molecule has 1 aliphatic rings. The number of alkyl halides is 2. The minimum absolute atomic E-state index is 0.194. The average Bonchev–Trinajstić information content (AvgIpc) is 3.29. The first-order valence-corrected chi connectivity index (χ1v) is 9.57. The van der Waals surface area contributed by atoms with Crippen LogP contribution in [0.3, 0.4) is 0 Å². The number of nitrogens with zero attached hydrogens (tertiary/aromatic N) is 2. The Morgan fingerprint density at radius 1 is 1.29 bits per heavy atom. The number of carbonyl (C=O) groups is 1. The van der Waals surface area contributed by atoms with Gasteiger partial charge in [0.05, 0.1) is 11.5 Å². The number of hydrogen-bond acceptors (Lipinski definition) is 3. The van der Waals surface area contributed by atoms with Gasteiger partial charge in [-0.05, 0) is 38.5 Å². The Hall–Kier alpha value is -2.34. The van der Waals surface area contributed by atoms with Crippen LogP contribution in [0.4, 0.5) is 8.78 Å². The Morgan fingerprint density at radius 2 is 1.96 bits per heavy atom. The van der Waals surface area contributed by atoms with Crippen LogP contribution in [0.1, 0.15) is 60.3 Å². The molecule has 0 spiro atoms. The van der Waals surface area contributed by atoms with Crippen LogP contribution in [0.25, 0.3) is 0 Å². The van der Waals surface area contributed by atoms with E-state index in [1.54, 1.807) is 49.2 Å². The fraction of sp³-hybridized carbons (Fsp3) is 0.455. The second-order valence-electron chi connectivity index (χ2n) is 7.84. The summed E-state index contributed by atoms with van der Waals surface area (Å²) in [5, 5.41) is 10.0. The molecule has 1 amide bonds. The zero-order chi connectivity index (χ0) is 20.5. The van der Waals surface area contributed by atoms with E-state index in [1.807, 2.05) is 19.1 Å². The van der Waals surface area contributed by atoms with Gasteiger partial charge in [0, 0.05) is 48.9 Å². The van der Waals surface area contributed by atoms with Gasteiger partial charge >= 0.3 is 0 Å². The van der Waals surface area contributed by atoms with Crippen LogP contribution in [0.15, 0.2) is 42.6 Å². The van der Waals surface area contributed by atoms with Crippen molar-refractivity contribution < 1.29 is 18.7 Å². The van der Waals surface area contributed by atoms with Gasteiger partial charge < -0.3 is 10.0 Å². The predicted molar refractivity (Wildman–Crippen MR) is 104 cm³/mol. The van der Waals surface area contributed by atoms with E-state index in [4.69, 9.17) is 0 Å². The number of amides is 1. The summed E-state index contributed by atoms with van der Waals surface area (Å²) in [6.45, 7) is 6.19. The van der Waals surface area contributed by atoms with Crippen LogP contribution in [0, 0.1) is 0 Å². The second-order valence-corrected chi connectivity index (χ2v) is 7.84. The second kappa shape index (κ2) is 7.59. The molecule has 4 nitrogen and oxygen atoms in total. The number of aromatic nitrogens is 1. The van der Waals surface area contributed by atoms with Crippen LogP contribution in [-0.4, -0.2) is 39.9 Å². The SMILES string of the molecule is CCN(CCc1ccc(C(C)(C)O)cn1)C(=O)c1ccccc1C1CC1(F)F. The highest BCUT2D eigenvalue weighted by Crippen LogP contribution is 2.56. The number of likely N-dealkylation sites (N-methyl/N-ethyl adjacent to an activating group) is 1. The molecule has 6 heteroatoms. The maximum Gasteiger partial charge on any atom is 0.255 e. The molecular formula is C22H26F2N2O2. The van der Waals surface area contributed by atoms with Crippen molar-refractivity contribution in [1.82, 2.24) is 9.88 Å². The Kier molecular flexibility index (Phi) is 5.53. The average molecular weight is 388 g/mol. The molecule has 28 heavy (non-hydrogen) atoms. The Bertz CT molecular complexity index is 844. The smallest absolute Gasteiger partial charge is 0.255 e. The number of rotatable bonds is 7. The van der Waals surface area contributed by atoms with E-state index in [0.717, 1.165) is 11.3 Å². The van der Waals surface area contributed by atoms with E-state index in [0.29, 0.717) is 30.6 Å². The van der Waals surface area contributed by atoms with Crippen LogP contribution in [0.5, 0.6) is 0 Å². The molecule has 1 aromatic heterocycles. The summed E-state index contributed by atoms with van der Waals surface area (Å²) in [6, 6.07) is 10.3. The lowest BCUT2D eigenvalue weighted by Crippen LogP contribution is -2.33. The van der Waals surface area contributed by atoms with Gasteiger partial charge in [-0.1, -0.05) is 24.3 Å². The molecule has 150 valence electrons. The zero-order valence-electron chi connectivity index (χ0n) is 16.5. The molecule has 3 rings (SSSR count). The number of halogens is 2. The first-order valence-electron chi connectivity index (χ1n) is 9.57. The minimum atomic E-state index is -2.71. The quantitative estimate of drug-likeness (QED) is 0.776. The fourth-order valence-electron chi connectivity index (χ4n) is 3.30. The predicted octanol–water partition coefficient (Wildman–Crippen LogP) is 4.14. The van der Waals surface area contributed by atoms with Gasteiger partial charge in [0.1, 0.15) is 0 Å². The molecule has 2 aromatic rings. The highest BCUT2D eigenvalue weighted by molar-refractivity contribution is 5.96. The third-order valence-electron chi connectivity index (χ3n) is 5.23. The van der Waals surface area contributed by atoms with Gasteiger partial charge in [0.15, 0.2) is 0 Å². The highest BCUT2D eigenvalue weighted by atomic mass is 19.3. The lowest BCUT2D eigenvalue weighted by Gasteiger charge is -2.22. The Morgan fingerprint density at radius 3 is 2.50 bits per heavy atom. The van der Waals surface area contributed by atoms with Gasteiger partial charge in [-0.3, -0.25) is 9.78 Å². The van der Waals surface area contributed by atoms with Crippen LogP contribution < -0.4 is 0 Å². The molecular weight excluding hydrogens is 362 g/mol. The van der Waals surface area contributed by atoms with Crippen molar-refractivity contribution in [3.05, 3.63) is 65.0 Å². The molecule has 0 aliphatic heterocycles. The third kappa shape index (κ3) is 4.38. The molecule has 1 fully saturated rings. The molecule has 1 saturated carbocycles. The molecule has 0 saturated heterocycles. The van der Waals surface area contributed by atoms with Crippen LogP contribution >= 0.6 is 0 Å². The van der Waals surface area contributed by atoms with Crippen molar-refractivity contribution in [1.29, 1.82) is 0 Å². The van der Waals surface area contributed by atoms with Gasteiger partial charge in [-0.15, -0.1) is 0 Å². The van der Waals surface area contributed by atoms with E-state index >= 15 is 0 Å². The third-order valence-corrected chi connectivity index (χ3v) is 5.23. The van der Waals surface area contributed by atoms with Gasteiger partial charge in [0.25, 0.3) is 11.8 Å². The van der Waals surface area contributed by atoms with Gasteiger partial charge in [0.2, 0.25) is 0 Å². The lowest BCUT2D eigenvalue weighted by atomic mass is 10.00. The van der Waals surface area contributed by atoms with Crippen molar-refractivity contribution in [3.63, 3.8) is 0 Å². The van der Waals surface area contributed by atoms with Crippen molar-refractivity contribution in [3.8, 4) is 0 Å². The summed E-state index contributed by atoms with van der Waals surface area (Å²) >= 11 is 0. The van der Waals surface area contributed by atoms with E-state index in [-0.39, 0.29) is 12.3 Å². The van der Waals surface area contributed by atoms with Crippen molar-refractivity contribution in [2.24, 2.45) is 0 Å².